The number of benzene rings is 1. The number of likely N-dealkylation sites (tertiary alicyclic amines) is 1. The van der Waals surface area contributed by atoms with Gasteiger partial charge in [0.05, 0.1) is 12.1 Å². The number of piperidine rings is 1. The van der Waals surface area contributed by atoms with Crippen molar-refractivity contribution in [3.63, 3.8) is 0 Å². The number of rotatable bonds is 3. The molecule has 2 rings (SSSR count). The molecule has 1 aromatic carbocycles. The first-order valence-electron chi connectivity index (χ1n) is 6.70. The van der Waals surface area contributed by atoms with Crippen LogP contribution < -0.4 is 0 Å². The van der Waals surface area contributed by atoms with E-state index in [0.717, 1.165) is 31.5 Å². The molecule has 0 radical (unpaired) electrons. The summed E-state index contributed by atoms with van der Waals surface area (Å²) >= 11 is 0. The number of ketones is 1. The van der Waals surface area contributed by atoms with Gasteiger partial charge in [0.1, 0.15) is 11.6 Å². The van der Waals surface area contributed by atoms with Crippen molar-refractivity contribution in [3.8, 4) is 0 Å². The molecular weight excluding hydrogens is 248 g/mol. The lowest BCUT2D eigenvalue weighted by atomic mass is 9.93. The lowest BCUT2D eigenvalue weighted by molar-refractivity contribution is 0.0808. The van der Waals surface area contributed by atoms with Crippen LogP contribution in [-0.2, 0) is 0 Å². The highest BCUT2D eigenvalue weighted by molar-refractivity contribution is 5.98. The molecule has 0 saturated carbocycles. The molecule has 1 aliphatic rings. The Hall–Kier alpha value is -1.29. The highest BCUT2D eigenvalue weighted by Crippen LogP contribution is 2.23. The third-order valence-electron chi connectivity index (χ3n) is 3.86. The zero-order chi connectivity index (χ0) is 14.0. The molecule has 1 heterocycles. The lowest BCUT2D eigenvalue weighted by Gasteiger charge is -2.35. The maximum atomic E-state index is 13.5. The molecule has 0 aromatic heterocycles. The Morgan fingerprint density at radius 3 is 2.53 bits per heavy atom. The van der Waals surface area contributed by atoms with Crippen LogP contribution >= 0.6 is 0 Å². The number of halogens is 2. The molecule has 0 N–H and O–H groups in total. The second-order valence-corrected chi connectivity index (χ2v) is 5.47. The van der Waals surface area contributed by atoms with Gasteiger partial charge < -0.3 is 0 Å². The van der Waals surface area contributed by atoms with Gasteiger partial charge in [-0.3, -0.25) is 9.69 Å². The largest absolute Gasteiger partial charge is 0.293 e. The maximum Gasteiger partial charge on any atom is 0.182 e. The first-order valence-corrected chi connectivity index (χ1v) is 6.70. The van der Waals surface area contributed by atoms with Crippen LogP contribution in [0.5, 0.6) is 0 Å². The van der Waals surface area contributed by atoms with Gasteiger partial charge in [-0.2, -0.15) is 0 Å². The van der Waals surface area contributed by atoms with Crippen molar-refractivity contribution in [2.75, 3.05) is 13.1 Å². The van der Waals surface area contributed by atoms with Crippen molar-refractivity contribution in [2.24, 2.45) is 5.92 Å². The molecule has 0 bridgehead atoms. The van der Waals surface area contributed by atoms with Crippen molar-refractivity contribution in [1.29, 1.82) is 0 Å². The summed E-state index contributed by atoms with van der Waals surface area (Å²) in [6.07, 6.45) is 2.05. The Bertz CT molecular complexity index is 455. The van der Waals surface area contributed by atoms with E-state index in [9.17, 15) is 13.6 Å². The van der Waals surface area contributed by atoms with Gasteiger partial charge >= 0.3 is 0 Å². The maximum absolute atomic E-state index is 13.5. The van der Waals surface area contributed by atoms with E-state index in [0.29, 0.717) is 5.92 Å². The van der Waals surface area contributed by atoms with Crippen molar-refractivity contribution in [2.45, 2.75) is 32.7 Å². The Kier molecular flexibility index (Phi) is 4.30. The minimum absolute atomic E-state index is 0.0890. The summed E-state index contributed by atoms with van der Waals surface area (Å²) in [4.78, 5) is 14.1. The number of nitrogens with zero attached hydrogens (tertiary/aromatic N) is 1. The fourth-order valence-corrected chi connectivity index (χ4v) is 2.72. The van der Waals surface area contributed by atoms with Gasteiger partial charge in [-0.05, 0) is 44.4 Å². The van der Waals surface area contributed by atoms with Crippen LogP contribution in [0.3, 0.4) is 0 Å². The fourth-order valence-electron chi connectivity index (χ4n) is 2.72. The standard InChI is InChI=1S/C15H19F2NO/c1-10-6-7-18(11(2)8-10)9-14(19)15-12(16)4-3-5-13(15)17/h3-5,10-11H,6-9H2,1-2H3. The Morgan fingerprint density at radius 1 is 1.32 bits per heavy atom. The molecule has 0 amide bonds. The minimum atomic E-state index is -0.775. The lowest BCUT2D eigenvalue weighted by Crippen LogP contribution is -2.43. The summed E-state index contributed by atoms with van der Waals surface area (Å²) in [6, 6.07) is 3.80. The summed E-state index contributed by atoms with van der Waals surface area (Å²) in [5, 5.41) is 0. The third-order valence-corrected chi connectivity index (χ3v) is 3.86. The fraction of sp³-hybridized carbons (Fsp3) is 0.533. The molecule has 0 spiro atoms. The summed E-state index contributed by atoms with van der Waals surface area (Å²) in [5.74, 6) is -1.38. The number of carbonyl (C=O) groups excluding carboxylic acids is 1. The van der Waals surface area contributed by atoms with Crippen LogP contribution in [0.4, 0.5) is 8.78 Å². The molecule has 2 unspecified atom stereocenters. The Balaban J connectivity index is 2.09. The van der Waals surface area contributed by atoms with E-state index in [1.54, 1.807) is 0 Å². The molecular formula is C15H19F2NO. The zero-order valence-electron chi connectivity index (χ0n) is 11.3. The molecule has 1 saturated heterocycles. The van der Waals surface area contributed by atoms with E-state index in [1.807, 2.05) is 4.90 Å². The SMILES string of the molecule is CC1CCN(CC(=O)c2c(F)cccc2F)C(C)C1. The van der Waals surface area contributed by atoms with E-state index in [-0.39, 0.29) is 12.6 Å². The topological polar surface area (TPSA) is 20.3 Å². The average molecular weight is 267 g/mol. The van der Waals surface area contributed by atoms with Crippen molar-refractivity contribution < 1.29 is 13.6 Å². The second kappa shape index (κ2) is 5.78. The van der Waals surface area contributed by atoms with Crippen molar-refractivity contribution in [1.82, 2.24) is 4.90 Å². The van der Waals surface area contributed by atoms with Crippen LogP contribution in [0.15, 0.2) is 18.2 Å². The van der Waals surface area contributed by atoms with Crippen LogP contribution in [-0.4, -0.2) is 29.8 Å². The summed E-state index contributed by atoms with van der Waals surface area (Å²) in [5.41, 5.74) is -0.409. The molecule has 1 fully saturated rings. The van der Waals surface area contributed by atoms with Gasteiger partial charge in [-0.15, -0.1) is 0 Å². The van der Waals surface area contributed by atoms with E-state index >= 15 is 0 Å². The van der Waals surface area contributed by atoms with Gasteiger partial charge in [0, 0.05) is 6.04 Å². The zero-order valence-corrected chi connectivity index (χ0v) is 11.3. The van der Waals surface area contributed by atoms with Gasteiger partial charge in [0.25, 0.3) is 0 Å². The minimum Gasteiger partial charge on any atom is -0.293 e. The monoisotopic (exact) mass is 267 g/mol. The number of Topliss-reactive ketones (excluding diaryl/α,β-unsaturated/α-hetero) is 1. The summed E-state index contributed by atoms with van der Waals surface area (Å²) in [6.45, 7) is 5.14. The van der Waals surface area contributed by atoms with Crippen molar-refractivity contribution >= 4 is 5.78 Å². The third kappa shape index (κ3) is 3.18. The van der Waals surface area contributed by atoms with E-state index in [1.165, 1.54) is 6.07 Å². The second-order valence-electron chi connectivity index (χ2n) is 5.47. The highest BCUT2D eigenvalue weighted by Gasteiger charge is 2.26. The van der Waals surface area contributed by atoms with Gasteiger partial charge in [0.15, 0.2) is 5.78 Å². The first-order chi connectivity index (χ1) is 8.99. The van der Waals surface area contributed by atoms with Crippen LogP contribution in [0, 0.1) is 17.6 Å². The van der Waals surface area contributed by atoms with E-state index < -0.39 is 23.0 Å². The van der Waals surface area contributed by atoms with E-state index in [4.69, 9.17) is 0 Å². The molecule has 19 heavy (non-hydrogen) atoms. The van der Waals surface area contributed by atoms with Crippen molar-refractivity contribution in [3.05, 3.63) is 35.4 Å². The molecule has 1 aromatic rings. The molecule has 2 nitrogen and oxygen atoms in total. The van der Waals surface area contributed by atoms with Gasteiger partial charge in [0.2, 0.25) is 0 Å². The molecule has 1 aliphatic heterocycles. The highest BCUT2D eigenvalue weighted by atomic mass is 19.1. The Labute approximate surface area is 112 Å². The van der Waals surface area contributed by atoms with Gasteiger partial charge in [-0.1, -0.05) is 13.0 Å². The normalized spacial score (nSPS) is 24.4. The Morgan fingerprint density at radius 2 is 1.95 bits per heavy atom. The first kappa shape index (κ1) is 14.1. The predicted octanol–water partition coefficient (Wildman–Crippen LogP) is 3.27. The van der Waals surface area contributed by atoms with Crippen LogP contribution in [0.25, 0.3) is 0 Å². The number of hydrogen-bond acceptors (Lipinski definition) is 2. The van der Waals surface area contributed by atoms with Crippen LogP contribution in [0.2, 0.25) is 0 Å². The number of hydrogen-bond donors (Lipinski definition) is 0. The summed E-state index contributed by atoms with van der Waals surface area (Å²) in [7, 11) is 0. The molecule has 0 aliphatic carbocycles. The molecule has 104 valence electrons. The smallest absolute Gasteiger partial charge is 0.182 e. The quantitative estimate of drug-likeness (QED) is 0.783. The van der Waals surface area contributed by atoms with Crippen LogP contribution in [0.1, 0.15) is 37.0 Å². The van der Waals surface area contributed by atoms with Gasteiger partial charge in [-0.25, -0.2) is 8.78 Å². The number of carbonyl (C=O) groups is 1. The van der Waals surface area contributed by atoms with E-state index in [2.05, 4.69) is 13.8 Å². The summed E-state index contributed by atoms with van der Waals surface area (Å²) < 4.78 is 27.1. The average Bonchev–Trinajstić information content (AvgIpc) is 2.32. The molecule has 2 atom stereocenters. The predicted molar refractivity (Wildman–Crippen MR) is 70.1 cm³/mol. The molecule has 4 heteroatoms.